The molecular formula is C88H60BNO2S. The first-order valence-corrected chi connectivity index (χ1v) is 33.0. The second-order valence-electron chi connectivity index (χ2n) is 25.9. The lowest BCUT2D eigenvalue weighted by Gasteiger charge is -2.42. The summed E-state index contributed by atoms with van der Waals surface area (Å²) in [4.78, 5) is 2.63. The molecule has 16 aromatic rings. The van der Waals surface area contributed by atoms with Crippen LogP contribution in [-0.2, 0) is 5.41 Å². The zero-order valence-corrected chi connectivity index (χ0v) is 52.5. The number of hydrogen-bond acceptors (Lipinski definition) is 4. The molecule has 0 unspecified atom stereocenters. The van der Waals surface area contributed by atoms with Crippen LogP contribution in [0.2, 0.25) is 0 Å². The summed E-state index contributed by atoms with van der Waals surface area (Å²) >= 11 is 1.86. The lowest BCUT2D eigenvalue weighted by atomic mass is 9.34. The minimum absolute atomic E-state index is 0.215. The maximum Gasteiger partial charge on any atom is 0.256 e. The number of hydrogen-bond donors (Lipinski definition) is 0. The molecule has 4 heterocycles. The van der Waals surface area contributed by atoms with E-state index in [-0.39, 0.29) is 12.1 Å². The summed E-state index contributed by atoms with van der Waals surface area (Å²) in [5.41, 5.74) is 27.6. The molecule has 0 aliphatic carbocycles. The Bertz CT molecular complexity index is 5400. The van der Waals surface area contributed by atoms with Gasteiger partial charge in [0.1, 0.15) is 22.7 Å². The molecule has 438 valence electrons. The van der Waals surface area contributed by atoms with Crippen molar-refractivity contribution >= 4 is 93.6 Å². The van der Waals surface area contributed by atoms with Crippen molar-refractivity contribution in [3.8, 4) is 101 Å². The molecule has 0 atom stereocenters. The highest BCUT2D eigenvalue weighted by atomic mass is 32.1. The molecule has 5 heteroatoms. The van der Waals surface area contributed by atoms with Crippen LogP contribution in [0.4, 0.5) is 17.1 Å². The van der Waals surface area contributed by atoms with Gasteiger partial charge in [-0.25, -0.2) is 0 Å². The van der Waals surface area contributed by atoms with Crippen molar-refractivity contribution in [1.82, 2.24) is 0 Å². The topological polar surface area (TPSA) is 25.6 Å². The summed E-state index contributed by atoms with van der Waals surface area (Å²) in [5.74, 6) is 1.68. The van der Waals surface area contributed by atoms with Crippen LogP contribution in [-0.4, -0.2) is 6.71 Å². The minimum Gasteiger partial charge on any atom is -0.458 e. The normalized spacial score (nSPS) is 12.5. The number of rotatable bonds is 9. The van der Waals surface area contributed by atoms with E-state index in [0.717, 1.165) is 123 Å². The average Bonchev–Trinajstić information content (AvgIpc) is 0.830. The van der Waals surface area contributed by atoms with Gasteiger partial charge in [0, 0.05) is 53.4 Å². The minimum atomic E-state index is -0.249. The Morgan fingerprint density at radius 1 is 0.323 bits per heavy atom. The molecule has 3 nitrogen and oxygen atoms in total. The van der Waals surface area contributed by atoms with E-state index in [1.165, 1.54) is 59.0 Å². The van der Waals surface area contributed by atoms with Crippen LogP contribution in [0.1, 0.15) is 26.3 Å². The van der Waals surface area contributed by atoms with Gasteiger partial charge in [0.25, 0.3) is 6.71 Å². The smallest absolute Gasteiger partial charge is 0.256 e. The summed E-state index contributed by atoms with van der Waals surface area (Å²) in [7, 11) is 0. The monoisotopic (exact) mass is 1210 g/mol. The van der Waals surface area contributed by atoms with E-state index in [2.05, 4.69) is 335 Å². The first kappa shape index (κ1) is 54.7. The number of nitrogens with zero attached hydrogens (tertiary/aromatic N) is 1. The van der Waals surface area contributed by atoms with Crippen LogP contribution in [0.5, 0.6) is 11.5 Å². The summed E-state index contributed by atoms with van der Waals surface area (Å²) < 4.78 is 17.0. The van der Waals surface area contributed by atoms with Crippen molar-refractivity contribution in [1.29, 1.82) is 0 Å². The molecular weight excluding hydrogens is 1150 g/mol. The lowest BCUT2D eigenvalue weighted by Crippen LogP contribution is -2.59. The molecule has 93 heavy (non-hydrogen) atoms. The van der Waals surface area contributed by atoms with Gasteiger partial charge in [-0.1, -0.05) is 233 Å². The first-order chi connectivity index (χ1) is 45.7. The van der Waals surface area contributed by atoms with Gasteiger partial charge in [-0.15, -0.1) is 11.3 Å². The Morgan fingerprint density at radius 3 is 1.42 bits per heavy atom. The first-order valence-electron chi connectivity index (χ1n) is 32.1. The predicted octanol–water partition coefficient (Wildman–Crippen LogP) is 23.0. The zero-order chi connectivity index (χ0) is 61.9. The fourth-order valence-corrected chi connectivity index (χ4v) is 15.9. The van der Waals surface area contributed by atoms with Crippen LogP contribution in [0.15, 0.2) is 314 Å². The predicted molar refractivity (Wildman–Crippen MR) is 395 cm³/mol. The molecule has 0 bridgehead atoms. The van der Waals surface area contributed by atoms with Crippen LogP contribution in [0.3, 0.4) is 0 Å². The van der Waals surface area contributed by atoms with Crippen molar-refractivity contribution in [3.63, 3.8) is 0 Å². The molecule has 0 radical (unpaired) electrons. The van der Waals surface area contributed by atoms with E-state index in [4.69, 9.17) is 9.15 Å². The molecule has 2 aromatic heterocycles. The van der Waals surface area contributed by atoms with Crippen molar-refractivity contribution in [2.75, 3.05) is 4.90 Å². The van der Waals surface area contributed by atoms with E-state index in [1.54, 1.807) is 0 Å². The van der Waals surface area contributed by atoms with E-state index >= 15 is 0 Å². The Labute approximate surface area is 545 Å². The van der Waals surface area contributed by atoms with E-state index in [9.17, 15) is 0 Å². The maximum atomic E-state index is 7.64. The summed E-state index contributed by atoms with van der Waals surface area (Å²) in [6, 6.07) is 114. The van der Waals surface area contributed by atoms with E-state index < -0.39 is 0 Å². The highest BCUT2D eigenvalue weighted by molar-refractivity contribution is 7.26. The highest BCUT2D eigenvalue weighted by Gasteiger charge is 2.44. The van der Waals surface area contributed by atoms with Crippen molar-refractivity contribution in [3.05, 3.63) is 315 Å². The third-order valence-electron chi connectivity index (χ3n) is 19.2. The van der Waals surface area contributed by atoms with Crippen LogP contribution in [0.25, 0.3) is 131 Å². The molecule has 0 amide bonds. The number of thiophene rings is 1. The Morgan fingerprint density at radius 2 is 0.806 bits per heavy atom. The number of para-hydroxylation sites is 2. The van der Waals surface area contributed by atoms with Crippen molar-refractivity contribution in [2.24, 2.45) is 0 Å². The van der Waals surface area contributed by atoms with Gasteiger partial charge < -0.3 is 14.1 Å². The van der Waals surface area contributed by atoms with Crippen LogP contribution in [0, 0.1) is 0 Å². The SMILES string of the molecule is CC(C)(C)c1cc(-c2cccc3oc4ccccc4c23)c(N2c3ccccc3B3c4cc(-c5cc(-c6ccccc6)cc(-c6ccccc6)c5)ccc4Oc4cc(-c5cc(-c6ccccc6)cc(-c6ccccc6)c5)cc2c43)c(-c2cccc3sc4ccccc4c23)c1. The zero-order valence-electron chi connectivity index (χ0n) is 51.7. The van der Waals surface area contributed by atoms with Gasteiger partial charge in [0.2, 0.25) is 0 Å². The van der Waals surface area contributed by atoms with Crippen LogP contribution >= 0.6 is 11.3 Å². The molecule has 2 aliphatic rings. The van der Waals surface area contributed by atoms with Crippen LogP contribution < -0.4 is 26.0 Å². The number of ether oxygens (including phenoxy) is 1. The Balaban J connectivity index is 0.955. The average molecular weight is 1210 g/mol. The molecule has 18 rings (SSSR count). The molecule has 0 saturated heterocycles. The fourth-order valence-electron chi connectivity index (χ4n) is 14.8. The second-order valence-corrected chi connectivity index (χ2v) is 27.0. The number of fused-ring (bicyclic) bond motifs is 10. The van der Waals surface area contributed by atoms with Gasteiger partial charge in [-0.3, -0.25) is 0 Å². The van der Waals surface area contributed by atoms with Gasteiger partial charge >= 0.3 is 0 Å². The fraction of sp³-hybridized carbons (Fsp3) is 0.0455. The van der Waals surface area contributed by atoms with E-state index in [1.807, 2.05) is 11.3 Å². The standard InChI is InChI=1S/C88H60BNO2S/c1-88(2,3)67-53-72(68-34-22-39-80-84(68)70-32-16-20-38-78(70)91-80)87(73(54-67)69-35-23-41-83-85(69)71-33-17-21-40-82(71)93-83)90-76-37-19-18-36-74(76)89-75-50-59(64-46-60(55-24-8-4-9-25-55)44-61(47-64)56-26-10-5-11-27-56)42-43-79(75)92-81-52-66(51-77(90)86(81)89)65-48-62(57-28-12-6-13-29-57)45-63(49-65)58-30-14-7-15-31-58/h4-54H,1-3H3. The third-order valence-corrected chi connectivity index (χ3v) is 20.4. The lowest BCUT2D eigenvalue weighted by molar-refractivity contribution is 0.488. The summed E-state index contributed by atoms with van der Waals surface area (Å²) in [6.45, 7) is 6.83. The Kier molecular flexibility index (Phi) is 12.8. The molecule has 14 aromatic carbocycles. The third kappa shape index (κ3) is 9.25. The van der Waals surface area contributed by atoms with E-state index in [0.29, 0.717) is 0 Å². The van der Waals surface area contributed by atoms with Crippen molar-refractivity contribution < 1.29 is 9.15 Å². The van der Waals surface area contributed by atoms with Gasteiger partial charge in [-0.05, 0) is 202 Å². The van der Waals surface area contributed by atoms with Gasteiger partial charge in [-0.2, -0.15) is 0 Å². The number of furan rings is 1. The number of anilines is 3. The summed E-state index contributed by atoms with van der Waals surface area (Å²) in [5, 5.41) is 4.68. The highest BCUT2D eigenvalue weighted by Crippen LogP contribution is 2.55. The maximum absolute atomic E-state index is 7.64. The largest absolute Gasteiger partial charge is 0.458 e. The number of benzene rings is 14. The quantitative estimate of drug-likeness (QED) is 0.135. The van der Waals surface area contributed by atoms with Gasteiger partial charge in [0.05, 0.1) is 5.69 Å². The van der Waals surface area contributed by atoms with Crippen molar-refractivity contribution in [2.45, 2.75) is 26.2 Å². The second kappa shape index (κ2) is 21.7. The molecule has 0 spiro atoms. The molecule has 0 N–H and O–H groups in total. The molecule has 0 fully saturated rings. The Hall–Kier alpha value is -11.2. The molecule has 2 aliphatic heterocycles. The summed E-state index contributed by atoms with van der Waals surface area (Å²) in [6.07, 6.45) is 0. The van der Waals surface area contributed by atoms with Gasteiger partial charge in [0.15, 0.2) is 0 Å². The molecule has 0 saturated carbocycles.